The van der Waals surface area contributed by atoms with Crippen LogP contribution in [0.4, 0.5) is 5.69 Å². The normalized spacial score (nSPS) is 15.7. The molecule has 4 nitrogen and oxygen atoms in total. The molecule has 1 heterocycles. The van der Waals surface area contributed by atoms with E-state index in [1.807, 2.05) is 61.5 Å². The van der Waals surface area contributed by atoms with E-state index < -0.39 is 5.97 Å². The number of benzene rings is 3. The van der Waals surface area contributed by atoms with Gasteiger partial charge < -0.3 is 9.64 Å². The third-order valence-corrected chi connectivity index (χ3v) is 4.79. The quantitative estimate of drug-likeness (QED) is 0.675. The number of carbonyl (C=O) groups excluding carboxylic acids is 2. The molecule has 4 rings (SSSR count). The zero-order valence-corrected chi connectivity index (χ0v) is 14.5. The van der Waals surface area contributed by atoms with Gasteiger partial charge in [-0.05, 0) is 47.9 Å². The summed E-state index contributed by atoms with van der Waals surface area (Å²) in [7, 11) is 0. The Balaban J connectivity index is 1.46. The Morgan fingerprint density at radius 2 is 1.73 bits per heavy atom. The van der Waals surface area contributed by atoms with Crippen molar-refractivity contribution in [2.75, 3.05) is 11.5 Å². The number of para-hydroxylation sites is 1. The highest BCUT2D eigenvalue weighted by Crippen LogP contribution is 2.31. The fourth-order valence-corrected chi connectivity index (χ4v) is 3.54. The maximum Gasteiger partial charge on any atom is 0.338 e. The van der Waals surface area contributed by atoms with Gasteiger partial charge in [-0.1, -0.05) is 48.5 Å². The molecule has 0 saturated heterocycles. The maximum atomic E-state index is 12.6. The summed E-state index contributed by atoms with van der Waals surface area (Å²) in [6.45, 7) is 1.74. The van der Waals surface area contributed by atoms with E-state index in [4.69, 9.17) is 4.74 Å². The van der Waals surface area contributed by atoms with Gasteiger partial charge in [-0.3, -0.25) is 4.79 Å². The number of esters is 1. The summed E-state index contributed by atoms with van der Waals surface area (Å²) in [6, 6.07) is 21.1. The van der Waals surface area contributed by atoms with Crippen LogP contribution < -0.4 is 4.90 Å². The molecule has 0 aromatic heterocycles. The molecule has 0 unspecified atom stereocenters. The van der Waals surface area contributed by atoms with Gasteiger partial charge in [0.25, 0.3) is 5.91 Å². The minimum absolute atomic E-state index is 0.0688. The average Bonchev–Trinajstić information content (AvgIpc) is 3.01. The van der Waals surface area contributed by atoms with Crippen LogP contribution in [0.15, 0.2) is 66.7 Å². The first-order chi connectivity index (χ1) is 12.6. The highest BCUT2D eigenvalue weighted by atomic mass is 16.5. The van der Waals surface area contributed by atoms with Crippen LogP contribution in [0.3, 0.4) is 0 Å². The third-order valence-electron chi connectivity index (χ3n) is 4.79. The molecule has 130 valence electrons. The third kappa shape index (κ3) is 2.94. The Bertz CT molecular complexity index is 995. The van der Waals surface area contributed by atoms with E-state index in [0.29, 0.717) is 5.56 Å². The number of anilines is 1. The van der Waals surface area contributed by atoms with Crippen LogP contribution in [-0.4, -0.2) is 24.5 Å². The van der Waals surface area contributed by atoms with Crippen molar-refractivity contribution in [3.63, 3.8) is 0 Å². The van der Waals surface area contributed by atoms with E-state index in [-0.39, 0.29) is 18.6 Å². The summed E-state index contributed by atoms with van der Waals surface area (Å²) in [5, 5.41) is 2.03. The number of carbonyl (C=O) groups is 2. The fraction of sp³-hybridized carbons (Fsp3) is 0.182. The van der Waals surface area contributed by atoms with Crippen LogP contribution in [0.1, 0.15) is 22.8 Å². The van der Waals surface area contributed by atoms with Gasteiger partial charge >= 0.3 is 5.97 Å². The molecule has 3 aromatic carbocycles. The number of amides is 1. The molecule has 0 radical (unpaired) electrons. The van der Waals surface area contributed by atoms with Crippen molar-refractivity contribution < 1.29 is 14.3 Å². The second kappa shape index (κ2) is 6.64. The second-order valence-electron chi connectivity index (χ2n) is 6.58. The van der Waals surface area contributed by atoms with Crippen LogP contribution in [0.25, 0.3) is 10.8 Å². The molecule has 0 aliphatic carbocycles. The highest BCUT2D eigenvalue weighted by Gasteiger charge is 2.31. The first kappa shape index (κ1) is 16.3. The number of nitrogens with zero attached hydrogens (tertiary/aromatic N) is 1. The lowest BCUT2D eigenvalue weighted by atomic mass is 10.1. The summed E-state index contributed by atoms with van der Waals surface area (Å²) >= 11 is 0. The molecule has 4 heteroatoms. The van der Waals surface area contributed by atoms with E-state index in [9.17, 15) is 9.59 Å². The summed E-state index contributed by atoms with van der Waals surface area (Å²) in [5.41, 5.74) is 2.51. The zero-order chi connectivity index (χ0) is 18.1. The molecule has 1 aliphatic heterocycles. The van der Waals surface area contributed by atoms with Crippen molar-refractivity contribution in [2.24, 2.45) is 0 Å². The smallest absolute Gasteiger partial charge is 0.338 e. The SMILES string of the molecule is C[C@H]1Cc2ccccc2N1C(=O)COC(=O)c1ccc2ccccc2c1. The Hall–Kier alpha value is -3.14. The predicted molar refractivity (Wildman–Crippen MR) is 101 cm³/mol. The molecular formula is C22H19NO3. The van der Waals surface area contributed by atoms with Gasteiger partial charge in [-0.25, -0.2) is 4.79 Å². The molecule has 1 amide bonds. The van der Waals surface area contributed by atoms with Gasteiger partial charge in [-0.2, -0.15) is 0 Å². The van der Waals surface area contributed by atoms with Gasteiger partial charge in [0.1, 0.15) is 0 Å². The van der Waals surface area contributed by atoms with E-state index in [1.54, 1.807) is 17.0 Å². The summed E-state index contributed by atoms with van der Waals surface area (Å²) < 4.78 is 5.28. The van der Waals surface area contributed by atoms with Crippen LogP contribution in [0.2, 0.25) is 0 Å². The number of hydrogen-bond acceptors (Lipinski definition) is 3. The van der Waals surface area contributed by atoms with Crippen LogP contribution in [0.5, 0.6) is 0 Å². The summed E-state index contributed by atoms with van der Waals surface area (Å²) in [6.07, 6.45) is 0.820. The van der Waals surface area contributed by atoms with Crippen LogP contribution >= 0.6 is 0 Å². The summed E-state index contributed by atoms with van der Waals surface area (Å²) in [4.78, 5) is 26.7. The molecule has 3 aromatic rings. The summed E-state index contributed by atoms with van der Waals surface area (Å²) in [5.74, 6) is -0.680. The highest BCUT2D eigenvalue weighted by molar-refractivity contribution is 6.00. The Kier molecular flexibility index (Phi) is 4.17. The maximum absolute atomic E-state index is 12.6. The van der Waals surface area contributed by atoms with Crippen molar-refractivity contribution in [3.05, 3.63) is 77.9 Å². The molecule has 0 N–H and O–H groups in total. The van der Waals surface area contributed by atoms with Gasteiger partial charge in [0.2, 0.25) is 0 Å². The molecule has 0 bridgehead atoms. The lowest BCUT2D eigenvalue weighted by Crippen LogP contribution is -2.38. The largest absolute Gasteiger partial charge is 0.452 e. The number of ether oxygens (including phenoxy) is 1. The van der Waals surface area contributed by atoms with Crippen molar-refractivity contribution in [2.45, 2.75) is 19.4 Å². The van der Waals surface area contributed by atoms with E-state index in [2.05, 4.69) is 0 Å². The van der Waals surface area contributed by atoms with Gasteiger partial charge in [0.15, 0.2) is 6.61 Å². The Morgan fingerprint density at radius 1 is 1.00 bits per heavy atom. The molecular weight excluding hydrogens is 326 g/mol. The predicted octanol–water partition coefficient (Wildman–Crippen LogP) is 3.97. The fourth-order valence-electron chi connectivity index (χ4n) is 3.54. The topological polar surface area (TPSA) is 46.6 Å². The standard InChI is InChI=1S/C22H19NO3/c1-15-12-18-8-4-5-9-20(18)23(15)21(24)14-26-22(25)19-11-10-16-6-2-3-7-17(16)13-19/h2-11,13,15H,12,14H2,1H3/t15-/m0/s1. The Morgan fingerprint density at radius 3 is 2.58 bits per heavy atom. The molecule has 1 atom stereocenters. The van der Waals surface area contributed by atoms with Gasteiger partial charge in [0, 0.05) is 11.7 Å². The van der Waals surface area contributed by atoms with E-state index in [0.717, 1.165) is 28.4 Å². The lowest BCUT2D eigenvalue weighted by Gasteiger charge is -2.22. The van der Waals surface area contributed by atoms with Crippen molar-refractivity contribution in [1.29, 1.82) is 0 Å². The molecule has 0 fully saturated rings. The van der Waals surface area contributed by atoms with E-state index >= 15 is 0 Å². The van der Waals surface area contributed by atoms with E-state index in [1.165, 1.54) is 0 Å². The van der Waals surface area contributed by atoms with Crippen molar-refractivity contribution in [3.8, 4) is 0 Å². The van der Waals surface area contributed by atoms with Gasteiger partial charge in [-0.15, -0.1) is 0 Å². The monoisotopic (exact) mass is 345 g/mol. The number of rotatable bonds is 3. The molecule has 0 saturated carbocycles. The minimum Gasteiger partial charge on any atom is -0.452 e. The second-order valence-corrected chi connectivity index (χ2v) is 6.58. The number of fused-ring (bicyclic) bond motifs is 2. The van der Waals surface area contributed by atoms with Crippen LogP contribution in [0, 0.1) is 0 Å². The first-order valence-electron chi connectivity index (χ1n) is 8.69. The van der Waals surface area contributed by atoms with Crippen molar-refractivity contribution >= 4 is 28.3 Å². The first-order valence-corrected chi connectivity index (χ1v) is 8.69. The minimum atomic E-state index is -0.482. The molecule has 1 aliphatic rings. The molecule has 26 heavy (non-hydrogen) atoms. The lowest BCUT2D eigenvalue weighted by molar-refractivity contribution is -0.122. The van der Waals surface area contributed by atoms with Crippen LogP contribution in [-0.2, 0) is 16.0 Å². The van der Waals surface area contributed by atoms with Gasteiger partial charge in [0.05, 0.1) is 5.56 Å². The molecule has 0 spiro atoms. The number of hydrogen-bond donors (Lipinski definition) is 0. The Labute approximate surface area is 152 Å². The zero-order valence-electron chi connectivity index (χ0n) is 14.5. The average molecular weight is 345 g/mol. The van der Waals surface area contributed by atoms with Crippen molar-refractivity contribution in [1.82, 2.24) is 0 Å².